The van der Waals surface area contributed by atoms with Gasteiger partial charge in [0.15, 0.2) is 0 Å². The quantitative estimate of drug-likeness (QED) is 0.894. The highest BCUT2D eigenvalue weighted by atomic mass is 16.3. The van der Waals surface area contributed by atoms with Crippen LogP contribution in [-0.2, 0) is 13.2 Å². The average molecular weight is 246 g/mol. The van der Waals surface area contributed by atoms with E-state index in [0.29, 0.717) is 18.4 Å². The van der Waals surface area contributed by atoms with Gasteiger partial charge in [-0.15, -0.1) is 0 Å². The molecule has 0 spiro atoms. The van der Waals surface area contributed by atoms with Gasteiger partial charge < -0.3 is 9.67 Å². The summed E-state index contributed by atoms with van der Waals surface area (Å²) >= 11 is 0. The fourth-order valence-corrected chi connectivity index (χ4v) is 2.64. The average Bonchev–Trinajstić information content (AvgIpc) is 3.10. The lowest BCUT2D eigenvalue weighted by Gasteiger charge is -2.09. The lowest BCUT2D eigenvalue weighted by molar-refractivity contribution is 0.266. The van der Waals surface area contributed by atoms with Crippen LogP contribution in [0.1, 0.15) is 43.2 Å². The van der Waals surface area contributed by atoms with E-state index in [9.17, 15) is 0 Å². The highest BCUT2D eigenvalue weighted by Crippen LogP contribution is 2.28. The summed E-state index contributed by atoms with van der Waals surface area (Å²) in [4.78, 5) is 4.09. The highest BCUT2D eigenvalue weighted by Gasteiger charge is 2.17. The smallest absolute Gasteiger partial charge is 0.134 e. The molecule has 0 saturated heterocycles. The molecule has 1 N–H and O–H groups in total. The monoisotopic (exact) mass is 246 g/mol. The first kappa shape index (κ1) is 11.5. The second kappa shape index (κ2) is 4.94. The summed E-state index contributed by atoms with van der Waals surface area (Å²) in [5.41, 5.74) is 1.02. The zero-order chi connectivity index (χ0) is 12.4. The molecule has 2 aromatic rings. The van der Waals surface area contributed by atoms with E-state index in [1.54, 1.807) is 6.20 Å². The Morgan fingerprint density at radius 2 is 2.11 bits per heavy atom. The number of hydrogen-bond donors (Lipinski definition) is 1. The number of hydrogen-bond acceptors (Lipinski definition) is 3. The minimum absolute atomic E-state index is 0.0314. The van der Waals surface area contributed by atoms with Crippen molar-refractivity contribution in [2.24, 2.45) is 0 Å². The van der Waals surface area contributed by atoms with Gasteiger partial charge in [-0.1, -0.05) is 12.8 Å². The van der Waals surface area contributed by atoms with Crippen molar-refractivity contribution in [1.29, 1.82) is 0 Å². The molecule has 1 fully saturated rings. The van der Waals surface area contributed by atoms with E-state index in [2.05, 4.69) is 27.0 Å². The van der Waals surface area contributed by atoms with Crippen molar-refractivity contribution in [2.75, 3.05) is 0 Å². The van der Waals surface area contributed by atoms with Crippen molar-refractivity contribution < 1.29 is 5.11 Å². The number of nitrogens with zero attached hydrogens (tertiary/aromatic N) is 4. The molecule has 0 atom stereocenters. The van der Waals surface area contributed by atoms with E-state index in [1.807, 2.05) is 10.8 Å². The van der Waals surface area contributed by atoms with Crippen LogP contribution in [0.3, 0.4) is 0 Å². The Labute approximate surface area is 106 Å². The molecule has 18 heavy (non-hydrogen) atoms. The van der Waals surface area contributed by atoms with Crippen molar-refractivity contribution in [3.63, 3.8) is 0 Å². The van der Waals surface area contributed by atoms with E-state index >= 15 is 0 Å². The highest BCUT2D eigenvalue weighted by molar-refractivity contribution is 5.03. The SMILES string of the molecule is OCc1nccn1Cc1ccn(C2CCCC2)n1. The Morgan fingerprint density at radius 3 is 2.89 bits per heavy atom. The molecular formula is C13H18N4O. The maximum absolute atomic E-state index is 9.15. The molecule has 0 aromatic carbocycles. The predicted octanol–water partition coefficient (Wildman–Crippen LogP) is 1.74. The third-order valence-corrected chi connectivity index (χ3v) is 3.64. The van der Waals surface area contributed by atoms with Crippen LogP contribution in [0, 0.1) is 0 Å². The topological polar surface area (TPSA) is 55.9 Å². The van der Waals surface area contributed by atoms with E-state index in [4.69, 9.17) is 5.11 Å². The molecule has 1 aliphatic rings. The number of aliphatic hydroxyl groups is 1. The maximum Gasteiger partial charge on any atom is 0.134 e. The van der Waals surface area contributed by atoms with Crippen LogP contribution in [0.5, 0.6) is 0 Å². The fraction of sp³-hybridized carbons (Fsp3) is 0.538. The van der Waals surface area contributed by atoms with Crippen LogP contribution in [0.2, 0.25) is 0 Å². The van der Waals surface area contributed by atoms with Crippen molar-refractivity contribution in [3.05, 3.63) is 36.2 Å². The Morgan fingerprint density at radius 1 is 1.28 bits per heavy atom. The standard InChI is InChI=1S/C13H18N4O/c18-10-13-14-6-8-16(13)9-11-5-7-17(15-11)12-3-1-2-4-12/h5-8,12,18H,1-4,9-10H2. The van der Waals surface area contributed by atoms with Crippen LogP contribution >= 0.6 is 0 Å². The van der Waals surface area contributed by atoms with E-state index in [1.165, 1.54) is 25.7 Å². The van der Waals surface area contributed by atoms with Gasteiger partial charge in [-0.05, 0) is 18.9 Å². The summed E-state index contributed by atoms with van der Waals surface area (Å²) in [7, 11) is 0. The van der Waals surface area contributed by atoms with Crippen molar-refractivity contribution in [3.8, 4) is 0 Å². The van der Waals surface area contributed by atoms with Gasteiger partial charge in [0.05, 0.1) is 18.3 Å². The summed E-state index contributed by atoms with van der Waals surface area (Å²) < 4.78 is 4.03. The zero-order valence-electron chi connectivity index (χ0n) is 10.4. The summed E-state index contributed by atoms with van der Waals surface area (Å²) in [6.45, 7) is 0.645. The Kier molecular flexibility index (Phi) is 3.15. The van der Waals surface area contributed by atoms with Gasteiger partial charge in [-0.3, -0.25) is 4.68 Å². The minimum Gasteiger partial charge on any atom is -0.388 e. The molecule has 2 aromatic heterocycles. The Bertz CT molecular complexity index is 511. The number of rotatable bonds is 4. The van der Waals surface area contributed by atoms with Gasteiger partial charge in [-0.2, -0.15) is 5.10 Å². The third kappa shape index (κ3) is 2.18. The molecule has 2 heterocycles. The molecule has 5 nitrogen and oxygen atoms in total. The molecule has 96 valence electrons. The second-order valence-corrected chi connectivity index (χ2v) is 4.85. The maximum atomic E-state index is 9.15. The molecule has 0 unspecified atom stereocenters. The van der Waals surface area contributed by atoms with Crippen LogP contribution in [0.25, 0.3) is 0 Å². The normalized spacial score (nSPS) is 16.5. The lowest BCUT2D eigenvalue weighted by atomic mass is 10.3. The van der Waals surface area contributed by atoms with Crippen LogP contribution in [0.4, 0.5) is 0 Å². The van der Waals surface area contributed by atoms with E-state index in [-0.39, 0.29) is 6.61 Å². The van der Waals surface area contributed by atoms with E-state index in [0.717, 1.165) is 5.69 Å². The summed E-state index contributed by atoms with van der Waals surface area (Å²) in [5, 5.41) is 13.8. The van der Waals surface area contributed by atoms with E-state index < -0.39 is 0 Å². The molecule has 0 amide bonds. The Hall–Kier alpha value is -1.62. The first-order valence-corrected chi connectivity index (χ1v) is 6.52. The first-order chi connectivity index (χ1) is 8.86. The van der Waals surface area contributed by atoms with Gasteiger partial charge in [-0.25, -0.2) is 4.98 Å². The van der Waals surface area contributed by atoms with Gasteiger partial charge in [0, 0.05) is 18.6 Å². The molecule has 0 bridgehead atoms. The van der Waals surface area contributed by atoms with Crippen LogP contribution in [-0.4, -0.2) is 24.4 Å². The third-order valence-electron chi connectivity index (χ3n) is 3.64. The molecule has 3 rings (SSSR count). The van der Waals surface area contributed by atoms with Crippen LogP contribution in [0.15, 0.2) is 24.7 Å². The van der Waals surface area contributed by atoms with Gasteiger partial charge >= 0.3 is 0 Å². The molecule has 1 aliphatic carbocycles. The predicted molar refractivity (Wildman–Crippen MR) is 67.0 cm³/mol. The number of imidazole rings is 1. The van der Waals surface area contributed by atoms with Crippen molar-refractivity contribution >= 4 is 0 Å². The summed E-state index contributed by atoms with van der Waals surface area (Å²) in [5.74, 6) is 0.686. The van der Waals surface area contributed by atoms with Crippen molar-refractivity contribution in [1.82, 2.24) is 19.3 Å². The largest absolute Gasteiger partial charge is 0.388 e. The second-order valence-electron chi connectivity index (χ2n) is 4.85. The van der Waals surface area contributed by atoms with Crippen LogP contribution < -0.4 is 0 Å². The lowest BCUT2D eigenvalue weighted by Crippen LogP contribution is -2.08. The van der Waals surface area contributed by atoms with Gasteiger partial charge in [0.2, 0.25) is 0 Å². The first-order valence-electron chi connectivity index (χ1n) is 6.52. The fourth-order valence-electron chi connectivity index (χ4n) is 2.64. The minimum atomic E-state index is -0.0314. The van der Waals surface area contributed by atoms with Crippen molar-refractivity contribution in [2.45, 2.75) is 44.9 Å². The molecule has 0 radical (unpaired) electrons. The number of aromatic nitrogens is 4. The molecular weight excluding hydrogens is 228 g/mol. The summed E-state index contributed by atoms with van der Waals surface area (Å²) in [6.07, 6.45) is 10.8. The zero-order valence-corrected chi connectivity index (χ0v) is 10.4. The summed E-state index contributed by atoms with van der Waals surface area (Å²) in [6, 6.07) is 2.64. The molecule has 1 saturated carbocycles. The van der Waals surface area contributed by atoms with Gasteiger partial charge in [0.25, 0.3) is 0 Å². The van der Waals surface area contributed by atoms with Gasteiger partial charge in [0.1, 0.15) is 12.4 Å². The molecule has 0 aliphatic heterocycles. The number of aliphatic hydroxyl groups excluding tert-OH is 1. The molecule has 5 heteroatoms. The Balaban J connectivity index is 1.73.